The second-order valence-corrected chi connectivity index (χ2v) is 8.89. The first-order valence-electron chi connectivity index (χ1n) is 10.1. The van der Waals surface area contributed by atoms with Crippen molar-refractivity contribution in [1.29, 1.82) is 0 Å². The summed E-state index contributed by atoms with van der Waals surface area (Å²) in [6, 6.07) is 8.54. The average Bonchev–Trinajstić information content (AvgIpc) is 3.22. The van der Waals surface area contributed by atoms with E-state index in [0.717, 1.165) is 59.7 Å². The van der Waals surface area contributed by atoms with Gasteiger partial charge in [-0.2, -0.15) is 0 Å². The number of benzene rings is 2. The van der Waals surface area contributed by atoms with Gasteiger partial charge in [-0.3, -0.25) is 29.9 Å². The monoisotopic (exact) mass is 490 g/mol. The molecule has 1 aliphatic heterocycles. The number of nitrogens with zero attached hydrogens (tertiary/aromatic N) is 5. The van der Waals surface area contributed by atoms with E-state index in [9.17, 15) is 25.0 Å². The third-order valence-corrected chi connectivity index (χ3v) is 6.60. The van der Waals surface area contributed by atoms with Crippen LogP contribution >= 0.6 is 22.9 Å². The van der Waals surface area contributed by atoms with E-state index in [1.54, 1.807) is 11.3 Å². The van der Waals surface area contributed by atoms with Crippen LogP contribution in [0.3, 0.4) is 0 Å². The van der Waals surface area contributed by atoms with Crippen LogP contribution in [-0.4, -0.2) is 64.9 Å². The van der Waals surface area contributed by atoms with Crippen LogP contribution in [0.5, 0.6) is 0 Å². The predicted octanol–water partition coefficient (Wildman–Crippen LogP) is 3.32. The van der Waals surface area contributed by atoms with Crippen molar-refractivity contribution in [3.63, 3.8) is 0 Å². The summed E-state index contributed by atoms with van der Waals surface area (Å²) < 4.78 is 1.05. The molecule has 11 nitrogen and oxygen atoms in total. The van der Waals surface area contributed by atoms with Crippen LogP contribution in [0.1, 0.15) is 10.4 Å². The highest BCUT2D eigenvalue weighted by atomic mass is 35.5. The van der Waals surface area contributed by atoms with Gasteiger partial charge in [0, 0.05) is 56.4 Å². The Morgan fingerprint density at radius 2 is 1.73 bits per heavy atom. The normalized spacial score (nSPS) is 14.4. The van der Waals surface area contributed by atoms with Gasteiger partial charge in [0.2, 0.25) is 0 Å². The highest BCUT2D eigenvalue weighted by molar-refractivity contribution is 7.22. The molecule has 1 aromatic heterocycles. The SMILES string of the molecule is O=C(NCCN1CCN(c2nc3ccc(Cl)cc3s2)CC1)c1cc([N+](=O)[O-])cc([N+](=O)[O-])c1. The van der Waals surface area contributed by atoms with Crippen LogP contribution in [0, 0.1) is 20.2 Å². The number of halogens is 1. The fourth-order valence-corrected chi connectivity index (χ4v) is 4.84. The maximum Gasteiger partial charge on any atom is 0.277 e. The largest absolute Gasteiger partial charge is 0.351 e. The van der Waals surface area contributed by atoms with E-state index in [0.29, 0.717) is 18.1 Å². The lowest BCUT2D eigenvalue weighted by Gasteiger charge is -2.34. The number of nitro groups is 2. The van der Waals surface area contributed by atoms with Gasteiger partial charge in [-0.15, -0.1) is 0 Å². The van der Waals surface area contributed by atoms with Gasteiger partial charge in [0.1, 0.15) is 0 Å². The Morgan fingerprint density at radius 1 is 1.06 bits per heavy atom. The smallest absolute Gasteiger partial charge is 0.277 e. The van der Waals surface area contributed by atoms with Crippen molar-refractivity contribution in [3.05, 3.63) is 67.2 Å². The third kappa shape index (κ3) is 5.35. The van der Waals surface area contributed by atoms with Crippen molar-refractivity contribution in [3.8, 4) is 0 Å². The summed E-state index contributed by atoms with van der Waals surface area (Å²) in [5.74, 6) is -0.589. The van der Waals surface area contributed by atoms with Gasteiger partial charge in [0.15, 0.2) is 5.13 Å². The lowest BCUT2D eigenvalue weighted by atomic mass is 10.1. The van der Waals surface area contributed by atoms with Gasteiger partial charge in [-0.05, 0) is 18.2 Å². The average molecular weight is 491 g/mol. The van der Waals surface area contributed by atoms with Crippen LogP contribution in [0.2, 0.25) is 5.02 Å². The molecular weight excluding hydrogens is 472 g/mol. The first-order chi connectivity index (χ1) is 15.8. The summed E-state index contributed by atoms with van der Waals surface area (Å²) in [4.78, 5) is 41.9. The molecule has 0 aliphatic carbocycles. The molecule has 3 aromatic rings. The molecular formula is C20H19ClN6O5S. The number of thiazole rings is 1. The number of anilines is 1. The van der Waals surface area contributed by atoms with Gasteiger partial charge >= 0.3 is 0 Å². The number of nitrogens with one attached hydrogen (secondary N) is 1. The topological polar surface area (TPSA) is 135 Å². The minimum absolute atomic E-state index is 0.114. The zero-order chi connectivity index (χ0) is 23.5. The Labute approximate surface area is 196 Å². The molecule has 0 atom stereocenters. The summed E-state index contributed by atoms with van der Waals surface area (Å²) in [6.45, 7) is 4.06. The lowest BCUT2D eigenvalue weighted by Crippen LogP contribution is -2.48. The second-order valence-electron chi connectivity index (χ2n) is 7.45. The Hall–Kier alpha value is -3.35. The number of amides is 1. The molecule has 0 bridgehead atoms. The molecule has 1 N–H and O–H groups in total. The van der Waals surface area contributed by atoms with Gasteiger partial charge in [0.25, 0.3) is 17.3 Å². The molecule has 0 spiro atoms. The summed E-state index contributed by atoms with van der Waals surface area (Å²) in [6.07, 6.45) is 0. The van der Waals surface area contributed by atoms with E-state index < -0.39 is 27.1 Å². The number of non-ortho nitro benzene ring substituents is 2. The van der Waals surface area contributed by atoms with Crippen LogP contribution in [-0.2, 0) is 0 Å². The van der Waals surface area contributed by atoms with E-state index in [1.807, 2.05) is 18.2 Å². The number of hydrogen-bond acceptors (Lipinski definition) is 9. The molecule has 2 heterocycles. The van der Waals surface area contributed by atoms with E-state index in [4.69, 9.17) is 11.6 Å². The molecule has 1 saturated heterocycles. The predicted molar refractivity (Wildman–Crippen MR) is 125 cm³/mol. The molecule has 0 radical (unpaired) electrons. The first-order valence-corrected chi connectivity index (χ1v) is 11.2. The molecule has 4 rings (SSSR count). The molecule has 1 amide bonds. The van der Waals surface area contributed by atoms with E-state index in [1.165, 1.54) is 0 Å². The second kappa shape index (κ2) is 9.65. The van der Waals surface area contributed by atoms with E-state index in [2.05, 4.69) is 20.1 Å². The molecule has 1 fully saturated rings. The number of nitro benzene ring substituents is 2. The van der Waals surface area contributed by atoms with E-state index in [-0.39, 0.29) is 5.56 Å². The quantitative estimate of drug-likeness (QED) is 0.393. The molecule has 0 unspecified atom stereocenters. The van der Waals surface area contributed by atoms with Crippen LogP contribution < -0.4 is 10.2 Å². The highest BCUT2D eigenvalue weighted by Crippen LogP contribution is 2.31. The molecule has 0 saturated carbocycles. The Bertz CT molecular complexity index is 1190. The number of hydrogen-bond donors (Lipinski definition) is 1. The minimum atomic E-state index is -0.761. The summed E-state index contributed by atoms with van der Waals surface area (Å²) >= 11 is 7.66. The van der Waals surface area contributed by atoms with E-state index >= 15 is 0 Å². The van der Waals surface area contributed by atoms with Crippen LogP contribution in [0.15, 0.2) is 36.4 Å². The Balaban J connectivity index is 1.29. The Kier molecular flexibility index (Phi) is 6.67. The number of piperazine rings is 1. The van der Waals surface area contributed by atoms with Gasteiger partial charge in [-0.25, -0.2) is 4.98 Å². The van der Waals surface area contributed by atoms with Gasteiger partial charge < -0.3 is 10.2 Å². The molecule has 1 aliphatic rings. The molecule has 172 valence electrons. The third-order valence-electron chi connectivity index (χ3n) is 5.28. The highest BCUT2D eigenvalue weighted by Gasteiger charge is 2.22. The fraction of sp³-hybridized carbons (Fsp3) is 0.300. The van der Waals surface area contributed by atoms with Crippen LogP contribution in [0.4, 0.5) is 16.5 Å². The van der Waals surface area contributed by atoms with Crippen molar-refractivity contribution in [1.82, 2.24) is 15.2 Å². The summed E-state index contributed by atoms with van der Waals surface area (Å²) in [7, 11) is 0. The number of carbonyl (C=O) groups excluding carboxylic acids is 1. The fourth-order valence-electron chi connectivity index (χ4n) is 3.55. The number of carbonyl (C=O) groups is 1. The minimum Gasteiger partial charge on any atom is -0.351 e. The summed E-state index contributed by atoms with van der Waals surface area (Å²) in [5, 5.41) is 26.3. The molecule has 33 heavy (non-hydrogen) atoms. The zero-order valence-corrected chi connectivity index (χ0v) is 18.8. The van der Waals surface area contributed by atoms with Crippen molar-refractivity contribution in [2.24, 2.45) is 0 Å². The molecule has 2 aromatic carbocycles. The number of rotatable bonds is 7. The van der Waals surface area contributed by atoms with Crippen molar-refractivity contribution < 1.29 is 14.6 Å². The van der Waals surface area contributed by atoms with Crippen molar-refractivity contribution >= 4 is 55.6 Å². The van der Waals surface area contributed by atoms with Gasteiger partial charge in [0.05, 0.1) is 31.7 Å². The first kappa shape index (κ1) is 22.8. The number of fused-ring (bicyclic) bond motifs is 1. The Morgan fingerprint density at radius 3 is 2.36 bits per heavy atom. The van der Waals surface area contributed by atoms with Crippen molar-refractivity contribution in [2.75, 3.05) is 44.2 Å². The maximum atomic E-state index is 12.4. The standard InChI is InChI=1S/C20H19ClN6O5S/c21-14-1-2-17-18(11-14)33-20(23-17)25-7-5-24(6-8-25)4-3-22-19(28)13-9-15(26(29)30)12-16(10-13)27(31)32/h1-2,9-12H,3-8H2,(H,22,28). The van der Waals surface area contributed by atoms with Crippen molar-refractivity contribution in [2.45, 2.75) is 0 Å². The summed E-state index contributed by atoms with van der Waals surface area (Å²) in [5.41, 5.74) is -0.187. The zero-order valence-electron chi connectivity index (χ0n) is 17.3. The van der Waals surface area contributed by atoms with Crippen LogP contribution in [0.25, 0.3) is 10.2 Å². The lowest BCUT2D eigenvalue weighted by molar-refractivity contribution is -0.394. The maximum absolute atomic E-state index is 12.4. The number of aromatic nitrogens is 1. The van der Waals surface area contributed by atoms with Gasteiger partial charge in [-0.1, -0.05) is 22.9 Å². The molecule has 13 heteroatoms.